The highest BCUT2D eigenvalue weighted by Crippen LogP contribution is 2.71. The fourth-order valence-corrected chi connectivity index (χ4v) is 12.0. The molecule has 0 bridgehead atoms. The standard InChI is InChI=1S/C34H56N4O3/c1-21-7-12-34(36-20-21)22(2)31-28(41-34)18-27-25-6-5-23-17-24(8-10-32(23,3)26(25)9-11-33(27,31)4)37-29(39)19-30(40)38-15-13-35-14-16-38/h21-28,31,35-36H,5-20H2,1-4H3,(H,37,39)/t21-,22+,23+,24?,25-,26+,27+,28+,31+,32+,33+,34-/m1/s1. The molecule has 12 atom stereocenters. The van der Waals surface area contributed by atoms with Gasteiger partial charge in [0.25, 0.3) is 0 Å². The average molecular weight is 569 g/mol. The second kappa shape index (κ2) is 10.5. The molecule has 41 heavy (non-hydrogen) atoms. The van der Waals surface area contributed by atoms with Gasteiger partial charge in [-0.15, -0.1) is 0 Å². The molecule has 0 aromatic heterocycles. The molecule has 3 saturated heterocycles. The number of hydrogen-bond donors (Lipinski definition) is 3. The summed E-state index contributed by atoms with van der Waals surface area (Å²) in [6, 6.07) is 0.226. The summed E-state index contributed by atoms with van der Waals surface area (Å²) in [5.41, 5.74) is 0.716. The number of hydrogen-bond acceptors (Lipinski definition) is 5. The fourth-order valence-electron chi connectivity index (χ4n) is 12.0. The van der Waals surface area contributed by atoms with Crippen molar-refractivity contribution in [1.29, 1.82) is 0 Å². The zero-order valence-electron chi connectivity index (χ0n) is 26.2. The van der Waals surface area contributed by atoms with Gasteiger partial charge in [-0.05, 0) is 111 Å². The molecule has 7 heteroatoms. The molecule has 7 nitrogen and oxygen atoms in total. The molecule has 1 unspecified atom stereocenters. The van der Waals surface area contributed by atoms with Gasteiger partial charge in [-0.3, -0.25) is 14.9 Å². The predicted octanol–water partition coefficient (Wildman–Crippen LogP) is 4.31. The second-order valence-electron chi connectivity index (χ2n) is 16.2. The molecule has 4 aliphatic carbocycles. The first-order chi connectivity index (χ1) is 19.6. The minimum Gasteiger partial charge on any atom is -0.357 e. The minimum absolute atomic E-state index is 0.00204. The third-order valence-electron chi connectivity index (χ3n) is 14.3. The van der Waals surface area contributed by atoms with E-state index >= 15 is 0 Å². The molecular formula is C34H56N4O3. The first-order valence-electron chi connectivity index (χ1n) is 17.3. The maximum Gasteiger partial charge on any atom is 0.232 e. The second-order valence-corrected chi connectivity index (χ2v) is 16.2. The molecule has 0 aromatic carbocycles. The maximum absolute atomic E-state index is 12.9. The summed E-state index contributed by atoms with van der Waals surface area (Å²) < 4.78 is 7.08. The quantitative estimate of drug-likeness (QED) is 0.442. The highest BCUT2D eigenvalue weighted by Gasteiger charge is 2.68. The van der Waals surface area contributed by atoms with E-state index in [0.717, 1.165) is 56.1 Å². The van der Waals surface area contributed by atoms with Crippen molar-refractivity contribution < 1.29 is 14.3 Å². The number of carbonyl (C=O) groups is 2. The van der Waals surface area contributed by atoms with Crippen LogP contribution in [0.1, 0.15) is 98.3 Å². The van der Waals surface area contributed by atoms with Crippen LogP contribution in [0.5, 0.6) is 0 Å². The van der Waals surface area contributed by atoms with Gasteiger partial charge >= 0.3 is 0 Å². The van der Waals surface area contributed by atoms with Crippen molar-refractivity contribution in [2.24, 2.45) is 52.3 Å². The number of rotatable bonds is 3. The number of nitrogens with one attached hydrogen (secondary N) is 3. The zero-order chi connectivity index (χ0) is 28.6. The highest BCUT2D eigenvalue weighted by atomic mass is 16.5. The van der Waals surface area contributed by atoms with Crippen molar-refractivity contribution >= 4 is 11.8 Å². The van der Waals surface area contributed by atoms with Crippen LogP contribution in [-0.4, -0.2) is 67.3 Å². The van der Waals surface area contributed by atoms with Crippen LogP contribution in [0.25, 0.3) is 0 Å². The van der Waals surface area contributed by atoms with Crippen LogP contribution in [0.15, 0.2) is 0 Å². The molecule has 0 aromatic rings. The topological polar surface area (TPSA) is 82.7 Å². The molecule has 3 aliphatic heterocycles. The van der Waals surface area contributed by atoms with Crippen LogP contribution in [0.3, 0.4) is 0 Å². The third-order valence-corrected chi connectivity index (χ3v) is 14.3. The SMILES string of the molecule is C[C@@H]1CC[C@@]2(NC1)O[C@H]1C[C@H]3[C@@H]4CC[C@H]5CC(NC(=O)CC(=O)N6CCNCC6)CC[C@]5(C)[C@H]4CC[C@]3(C)[C@H]1[C@@H]2C. The van der Waals surface area contributed by atoms with Crippen LogP contribution >= 0.6 is 0 Å². The Kier molecular flexibility index (Phi) is 7.30. The number of fused-ring (bicyclic) bond motifs is 7. The van der Waals surface area contributed by atoms with E-state index in [2.05, 4.69) is 43.6 Å². The Morgan fingerprint density at radius 2 is 1.71 bits per heavy atom. The van der Waals surface area contributed by atoms with Gasteiger partial charge in [-0.1, -0.05) is 27.7 Å². The Balaban J connectivity index is 0.984. The molecule has 4 saturated carbocycles. The first kappa shape index (κ1) is 28.6. The lowest BCUT2D eigenvalue weighted by molar-refractivity contribution is -0.139. The number of piperazine rings is 1. The summed E-state index contributed by atoms with van der Waals surface area (Å²) in [5.74, 6) is 5.07. The van der Waals surface area contributed by atoms with Gasteiger partial charge in [-0.2, -0.15) is 0 Å². The van der Waals surface area contributed by atoms with Gasteiger partial charge in [0.15, 0.2) is 0 Å². The van der Waals surface area contributed by atoms with Gasteiger partial charge < -0.3 is 20.3 Å². The summed E-state index contributed by atoms with van der Waals surface area (Å²) in [5, 5.41) is 10.5. The maximum atomic E-state index is 12.9. The molecule has 2 amide bonds. The van der Waals surface area contributed by atoms with Crippen LogP contribution in [-0.2, 0) is 14.3 Å². The van der Waals surface area contributed by atoms with Gasteiger partial charge in [0.2, 0.25) is 11.8 Å². The fraction of sp³-hybridized carbons (Fsp3) is 0.941. The van der Waals surface area contributed by atoms with Crippen molar-refractivity contribution in [2.75, 3.05) is 32.7 Å². The van der Waals surface area contributed by atoms with Crippen LogP contribution in [0.2, 0.25) is 0 Å². The Bertz CT molecular complexity index is 1020. The molecule has 3 heterocycles. The first-order valence-corrected chi connectivity index (χ1v) is 17.3. The number of nitrogens with zero attached hydrogens (tertiary/aromatic N) is 1. The number of ether oxygens (including phenoxy) is 1. The Morgan fingerprint density at radius 1 is 0.927 bits per heavy atom. The van der Waals surface area contributed by atoms with Crippen molar-refractivity contribution in [3.63, 3.8) is 0 Å². The Morgan fingerprint density at radius 3 is 2.46 bits per heavy atom. The summed E-state index contributed by atoms with van der Waals surface area (Å²) in [6.45, 7) is 14.3. The smallest absolute Gasteiger partial charge is 0.232 e. The van der Waals surface area contributed by atoms with Crippen molar-refractivity contribution in [2.45, 2.75) is 116 Å². The Hall–Kier alpha value is -1.18. The van der Waals surface area contributed by atoms with Crippen molar-refractivity contribution in [3.8, 4) is 0 Å². The van der Waals surface area contributed by atoms with E-state index in [0.29, 0.717) is 47.8 Å². The normalized spacial score (nSPS) is 50.9. The monoisotopic (exact) mass is 568 g/mol. The minimum atomic E-state index is -0.0747. The van der Waals surface area contributed by atoms with E-state index < -0.39 is 0 Å². The van der Waals surface area contributed by atoms with Crippen molar-refractivity contribution in [3.05, 3.63) is 0 Å². The Labute approximate surface area is 248 Å². The van der Waals surface area contributed by atoms with Crippen molar-refractivity contribution in [1.82, 2.24) is 20.9 Å². The molecule has 0 radical (unpaired) electrons. The van der Waals surface area contributed by atoms with E-state index in [1.165, 1.54) is 51.4 Å². The van der Waals surface area contributed by atoms with Crippen LogP contribution in [0, 0.1) is 52.3 Å². The highest BCUT2D eigenvalue weighted by molar-refractivity contribution is 5.97. The summed E-state index contributed by atoms with van der Waals surface area (Å²) in [7, 11) is 0. The third kappa shape index (κ3) is 4.61. The van der Waals surface area contributed by atoms with Crippen LogP contribution < -0.4 is 16.0 Å². The molecule has 7 rings (SSSR count). The van der Waals surface area contributed by atoms with Crippen LogP contribution in [0.4, 0.5) is 0 Å². The summed E-state index contributed by atoms with van der Waals surface area (Å²) in [4.78, 5) is 27.3. The molecule has 1 spiro atoms. The predicted molar refractivity (Wildman–Crippen MR) is 160 cm³/mol. The molecule has 7 fully saturated rings. The lowest BCUT2D eigenvalue weighted by Gasteiger charge is -2.61. The van der Waals surface area contributed by atoms with E-state index in [1.54, 1.807) is 0 Å². The summed E-state index contributed by atoms with van der Waals surface area (Å²) in [6.07, 6.45) is 12.9. The lowest BCUT2D eigenvalue weighted by atomic mass is 9.44. The largest absolute Gasteiger partial charge is 0.357 e. The molecular weight excluding hydrogens is 512 g/mol. The van der Waals surface area contributed by atoms with Gasteiger partial charge in [0.1, 0.15) is 12.1 Å². The van der Waals surface area contributed by atoms with E-state index in [4.69, 9.17) is 4.74 Å². The lowest BCUT2D eigenvalue weighted by Crippen LogP contribution is -2.58. The number of piperidine rings is 1. The molecule has 7 aliphatic rings. The molecule has 230 valence electrons. The van der Waals surface area contributed by atoms with E-state index in [9.17, 15) is 9.59 Å². The summed E-state index contributed by atoms with van der Waals surface area (Å²) >= 11 is 0. The van der Waals surface area contributed by atoms with Gasteiger partial charge in [0, 0.05) is 44.7 Å². The average Bonchev–Trinajstić information content (AvgIpc) is 3.40. The number of carbonyl (C=O) groups excluding carboxylic acids is 2. The van der Waals surface area contributed by atoms with E-state index in [-0.39, 0.29) is 30.0 Å². The van der Waals surface area contributed by atoms with Gasteiger partial charge in [0.05, 0.1) is 6.10 Å². The zero-order valence-corrected chi connectivity index (χ0v) is 26.2. The molecule has 3 N–H and O–H groups in total. The van der Waals surface area contributed by atoms with Gasteiger partial charge in [-0.25, -0.2) is 0 Å². The van der Waals surface area contributed by atoms with E-state index in [1.807, 2.05) is 4.90 Å². The number of amides is 2.